The molecule has 0 unspecified atom stereocenters. The zero-order chi connectivity index (χ0) is 13.8. The van der Waals surface area contributed by atoms with Gasteiger partial charge in [-0.3, -0.25) is 4.79 Å². The molecule has 1 aromatic carbocycles. The molecule has 0 atom stereocenters. The van der Waals surface area contributed by atoms with Gasteiger partial charge in [-0.2, -0.15) is 0 Å². The number of rotatable bonds is 5. The van der Waals surface area contributed by atoms with Gasteiger partial charge in [0.1, 0.15) is 4.88 Å². The topological polar surface area (TPSA) is 42.9 Å². The van der Waals surface area contributed by atoms with Gasteiger partial charge in [0.05, 0.1) is 5.69 Å². The first-order valence-electron chi connectivity index (χ1n) is 6.59. The number of carbonyl (C=O) groups excluding carboxylic acids is 1. The Balaban J connectivity index is 2.33. The van der Waals surface area contributed by atoms with Crippen molar-refractivity contribution in [1.82, 2.24) is 9.59 Å². The molecule has 0 saturated heterocycles. The maximum atomic E-state index is 12.5. The van der Waals surface area contributed by atoms with Gasteiger partial charge in [-0.1, -0.05) is 49.9 Å². The standard InChI is InChI=1S/C15H18N2OS/c1-4-6-11-7-5-8-12(9-11)14(18)15-13(10(2)3)16-17-19-15/h5,7-10H,4,6H2,1-3H3. The highest BCUT2D eigenvalue weighted by molar-refractivity contribution is 7.08. The Kier molecular flexibility index (Phi) is 4.43. The van der Waals surface area contributed by atoms with Crippen LogP contribution in [-0.4, -0.2) is 15.4 Å². The van der Waals surface area contributed by atoms with Gasteiger partial charge in [0.25, 0.3) is 0 Å². The van der Waals surface area contributed by atoms with Crippen LogP contribution < -0.4 is 0 Å². The molecule has 1 heterocycles. The summed E-state index contributed by atoms with van der Waals surface area (Å²) in [5.41, 5.74) is 2.74. The van der Waals surface area contributed by atoms with Gasteiger partial charge in [-0.25, -0.2) is 0 Å². The molecule has 0 amide bonds. The van der Waals surface area contributed by atoms with Gasteiger partial charge in [-0.05, 0) is 35.5 Å². The number of carbonyl (C=O) groups is 1. The van der Waals surface area contributed by atoms with E-state index in [1.54, 1.807) is 0 Å². The number of hydrogen-bond donors (Lipinski definition) is 0. The van der Waals surface area contributed by atoms with Gasteiger partial charge >= 0.3 is 0 Å². The number of nitrogens with zero attached hydrogens (tertiary/aromatic N) is 2. The van der Waals surface area contributed by atoms with Crippen LogP contribution in [0.2, 0.25) is 0 Å². The van der Waals surface area contributed by atoms with Gasteiger partial charge in [-0.15, -0.1) is 5.10 Å². The minimum Gasteiger partial charge on any atom is -0.288 e. The molecule has 0 aliphatic rings. The van der Waals surface area contributed by atoms with Crippen LogP contribution in [0.4, 0.5) is 0 Å². The Hall–Kier alpha value is -1.55. The van der Waals surface area contributed by atoms with Crippen LogP contribution in [0, 0.1) is 0 Å². The van der Waals surface area contributed by atoms with Gasteiger partial charge in [0.15, 0.2) is 0 Å². The largest absolute Gasteiger partial charge is 0.288 e. The molecule has 100 valence electrons. The average molecular weight is 274 g/mol. The molecule has 0 bridgehead atoms. The Morgan fingerprint density at radius 2 is 2.16 bits per heavy atom. The maximum absolute atomic E-state index is 12.5. The van der Waals surface area contributed by atoms with Crippen molar-refractivity contribution < 1.29 is 4.79 Å². The molecule has 0 radical (unpaired) electrons. The van der Waals surface area contributed by atoms with Crippen molar-refractivity contribution in [2.24, 2.45) is 0 Å². The van der Waals surface area contributed by atoms with Crippen LogP contribution in [0.3, 0.4) is 0 Å². The molecule has 2 aromatic rings. The summed E-state index contributed by atoms with van der Waals surface area (Å²) in [5, 5.41) is 4.07. The minimum atomic E-state index is 0.0386. The van der Waals surface area contributed by atoms with Crippen molar-refractivity contribution in [1.29, 1.82) is 0 Å². The van der Waals surface area contributed by atoms with Crippen molar-refractivity contribution in [2.45, 2.75) is 39.5 Å². The second-order valence-corrected chi connectivity index (χ2v) is 5.68. The van der Waals surface area contributed by atoms with Gasteiger partial charge < -0.3 is 0 Å². The van der Waals surface area contributed by atoms with Crippen LogP contribution in [0.1, 0.15) is 59.6 Å². The quantitative estimate of drug-likeness (QED) is 0.778. The molecule has 0 saturated carbocycles. The predicted molar refractivity (Wildman–Crippen MR) is 77.9 cm³/mol. The monoisotopic (exact) mass is 274 g/mol. The van der Waals surface area contributed by atoms with Crippen molar-refractivity contribution in [3.05, 3.63) is 46.0 Å². The van der Waals surface area contributed by atoms with E-state index in [1.807, 2.05) is 32.0 Å². The molecule has 3 nitrogen and oxygen atoms in total. The van der Waals surface area contributed by atoms with E-state index in [0.717, 1.165) is 24.1 Å². The first-order valence-corrected chi connectivity index (χ1v) is 7.36. The summed E-state index contributed by atoms with van der Waals surface area (Å²) < 4.78 is 3.92. The molecule has 2 rings (SSSR count). The normalized spacial score (nSPS) is 10.9. The lowest BCUT2D eigenvalue weighted by molar-refractivity contribution is 0.104. The summed E-state index contributed by atoms with van der Waals surface area (Å²) in [6, 6.07) is 7.86. The third-order valence-corrected chi connectivity index (χ3v) is 3.73. The van der Waals surface area contributed by atoms with Crippen molar-refractivity contribution in [3.8, 4) is 0 Å². The fourth-order valence-corrected chi connectivity index (χ4v) is 2.80. The van der Waals surface area contributed by atoms with Crippen LogP contribution in [0.5, 0.6) is 0 Å². The number of aryl methyl sites for hydroxylation is 1. The van der Waals surface area contributed by atoms with Crippen LogP contribution in [-0.2, 0) is 6.42 Å². The Labute approximate surface area is 117 Å². The molecule has 0 aliphatic heterocycles. The molecule has 1 aromatic heterocycles. The SMILES string of the molecule is CCCc1cccc(C(=O)c2snnc2C(C)C)c1. The number of benzene rings is 1. The maximum Gasteiger partial charge on any atom is 0.206 e. The van der Waals surface area contributed by atoms with Crippen LogP contribution in [0.15, 0.2) is 24.3 Å². The molecule has 0 fully saturated rings. The highest BCUT2D eigenvalue weighted by Crippen LogP contribution is 2.23. The van der Waals surface area contributed by atoms with Crippen LogP contribution in [0.25, 0.3) is 0 Å². The van der Waals surface area contributed by atoms with Crippen molar-refractivity contribution in [2.75, 3.05) is 0 Å². The van der Waals surface area contributed by atoms with E-state index in [4.69, 9.17) is 0 Å². The van der Waals surface area contributed by atoms with Crippen molar-refractivity contribution in [3.63, 3.8) is 0 Å². The van der Waals surface area contributed by atoms with E-state index in [0.29, 0.717) is 4.88 Å². The first kappa shape index (κ1) is 13.9. The van der Waals surface area contributed by atoms with E-state index in [-0.39, 0.29) is 11.7 Å². The van der Waals surface area contributed by atoms with Gasteiger partial charge in [0, 0.05) is 5.56 Å². The highest BCUT2D eigenvalue weighted by atomic mass is 32.1. The summed E-state index contributed by atoms with van der Waals surface area (Å²) in [6.45, 7) is 6.19. The zero-order valence-electron chi connectivity index (χ0n) is 11.5. The second kappa shape index (κ2) is 6.06. The molecule has 0 spiro atoms. The second-order valence-electron chi connectivity index (χ2n) is 4.92. The Bertz CT molecular complexity index is 575. The van der Waals surface area contributed by atoms with Crippen molar-refractivity contribution >= 4 is 17.3 Å². The van der Waals surface area contributed by atoms with E-state index in [2.05, 4.69) is 22.6 Å². The summed E-state index contributed by atoms with van der Waals surface area (Å²) in [4.78, 5) is 13.2. The smallest absolute Gasteiger partial charge is 0.206 e. The molecule has 0 N–H and O–H groups in total. The summed E-state index contributed by atoms with van der Waals surface area (Å²) in [6.07, 6.45) is 2.08. The summed E-state index contributed by atoms with van der Waals surface area (Å²) in [5.74, 6) is 0.258. The number of hydrogen-bond acceptors (Lipinski definition) is 4. The summed E-state index contributed by atoms with van der Waals surface area (Å²) in [7, 11) is 0. The van der Waals surface area contributed by atoms with E-state index < -0.39 is 0 Å². The Morgan fingerprint density at radius 1 is 1.37 bits per heavy atom. The lowest BCUT2D eigenvalue weighted by Crippen LogP contribution is -2.04. The van der Waals surface area contributed by atoms with Gasteiger partial charge in [0.2, 0.25) is 5.78 Å². The first-order chi connectivity index (χ1) is 9.13. The lowest BCUT2D eigenvalue weighted by Gasteiger charge is -2.05. The fraction of sp³-hybridized carbons (Fsp3) is 0.400. The number of aromatic nitrogens is 2. The van der Waals surface area contributed by atoms with E-state index in [1.165, 1.54) is 17.1 Å². The van der Waals surface area contributed by atoms with E-state index in [9.17, 15) is 4.79 Å². The zero-order valence-corrected chi connectivity index (χ0v) is 12.3. The molecular weight excluding hydrogens is 256 g/mol. The Morgan fingerprint density at radius 3 is 2.84 bits per heavy atom. The lowest BCUT2D eigenvalue weighted by atomic mass is 10.0. The van der Waals surface area contributed by atoms with E-state index >= 15 is 0 Å². The van der Waals surface area contributed by atoms with Crippen LogP contribution >= 0.6 is 11.5 Å². The highest BCUT2D eigenvalue weighted by Gasteiger charge is 2.20. The molecular formula is C15H18N2OS. The molecule has 4 heteroatoms. The predicted octanol–water partition coefficient (Wildman–Crippen LogP) is 3.85. The molecule has 0 aliphatic carbocycles. The average Bonchev–Trinajstić information content (AvgIpc) is 2.88. The molecule has 19 heavy (non-hydrogen) atoms. The third-order valence-electron chi connectivity index (χ3n) is 2.99. The minimum absolute atomic E-state index is 0.0386. The fourth-order valence-electron chi connectivity index (χ4n) is 2.02. The number of ketones is 1. The third kappa shape index (κ3) is 3.07. The summed E-state index contributed by atoms with van der Waals surface area (Å²) >= 11 is 1.19.